The molecule has 2 rings (SSSR count). The minimum atomic E-state index is -6.63. The zero-order chi connectivity index (χ0) is 22.5. The second-order valence-corrected chi connectivity index (χ2v) is 5.42. The lowest BCUT2D eigenvalue weighted by Crippen LogP contribution is -2.59. The molecule has 0 bridgehead atoms. The number of aliphatic imine (C=N–C) groups is 2. The quantitative estimate of drug-likeness (QED) is 0.504. The highest BCUT2D eigenvalue weighted by molar-refractivity contribution is 6.05. The minimum Gasteiger partial charge on any atom is -0.418 e. The highest BCUT2D eigenvalue weighted by Gasteiger charge is 2.76. The molecule has 0 amide bonds. The molecule has 0 radical (unpaired) electrons. The third kappa shape index (κ3) is 3.76. The van der Waals surface area contributed by atoms with E-state index in [1.54, 1.807) is 0 Å². The summed E-state index contributed by atoms with van der Waals surface area (Å²) in [5.74, 6) is -11.4. The summed E-state index contributed by atoms with van der Waals surface area (Å²) in [7, 11) is 0. The molecule has 29 heavy (non-hydrogen) atoms. The van der Waals surface area contributed by atoms with Gasteiger partial charge in [0.2, 0.25) is 5.90 Å². The number of aldehydes is 1. The first-order chi connectivity index (χ1) is 13.0. The lowest BCUT2D eigenvalue weighted by molar-refractivity contribution is -0.296. The van der Waals surface area contributed by atoms with Gasteiger partial charge in [0.1, 0.15) is 6.29 Å². The Morgan fingerprint density at radius 2 is 1.28 bits per heavy atom. The summed E-state index contributed by atoms with van der Waals surface area (Å²) in [5.41, 5.74) is -6.67. The molecule has 1 aromatic rings. The minimum absolute atomic E-state index is 0.141. The van der Waals surface area contributed by atoms with Gasteiger partial charge in [-0.3, -0.25) is 4.79 Å². The SMILES string of the molecule is O=Cc1ccc(C2=NC(C(F)(F)F)(C(F)(F)F)N=C(C(F)(F)C(F)(F)F)O2)cc1. The molecule has 1 aliphatic heterocycles. The van der Waals surface area contributed by atoms with Gasteiger partial charge in [-0.15, -0.1) is 0 Å². The van der Waals surface area contributed by atoms with Gasteiger partial charge in [0.25, 0.3) is 5.90 Å². The Kier molecular flexibility index (Phi) is 5.18. The fourth-order valence-corrected chi connectivity index (χ4v) is 1.95. The Balaban J connectivity index is 2.80. The third-order valence-corrected chi connectivity index (χ3v) is 3.43. The van der Waals surface area contributed by atoms with Crippen molar-refractivity contribution < 1.29 is 57.8 Å². The van der Waals surface area contributed by atoms with Crippen LogP contribution in [0.1, 0.15) is 15.9 Å². The molecule has 0 saturated carbocycles. The predicted molar refractivity (Wildman–Crippen MR) is 72.7 cm³/mol. The van der Waals surface area contributed by atoms with Gasteiger partial charge in [-0.2, -0.15) is 48.3 Å². The molecule has 0 unspecified atom stereocenters. The summed E-state index contributed by atoms with van der Waals surface area (Å²) < 4.78 is 148. The second-order valence-electron chi connectivity index (χ2n) is 5.42. The number of benzene rings is 1. The fourth-order valence-electron chi connectivity index (χ4n) is 1.95. The highest BCUT2D eigenvalue weighted by Crippen LogP contribution is 2.50. The molecule has 0 aliphatic carbocycles. The van der Waals surface area contributed by atoms with Crippen LogP contribution in [0.2, 0.25) is 0 Å². The molecule has 0 atom stereocenters. The molecule has 160 valence electrons. The maximum absolute atomic E-state index is 13.5. The lowest BCUT2D eigenvalue weighted by atomic mass is 10.1. The number of hydrogen-bond acceptors (Lipinski definition) is 4. The van der Waals surface area contributed by atoms with Gasteiger partial charge in [-0.25, -0.2) is 9.98 Å². The Bertz CT molecular complexity index is 834. The summed E-state index contributed by atoms with van der Waals surface area (Å²) >= 11 is 0. The van der Waals surface area contributed by atoms with E-state index >= 15 is 0 Å². The van der Waals surface area contributed by atoms with E-state index in [0.29, 0.717) is 12.1 Å². The smallest absolute Gasteiger partial charge is 0.418 e. The monoisotopic (exact) mass is 442 g/mol. The van der Waals surface area contributed by atoms with Gasteiger partial charge >= 0.3 is 30.1 Å². The van der Waals surface area contributed by atoms with Gasteiger partial charge < -0.3 is 4.74 Å². The first-order valence-corrected chi connectivity index (χ1v) is 6.98. The number of ether oxygens (including phenoxy) is 1. The summed E-state index contributed by atoms with van der Waals surface area (Å²) in [5, 5.41) is 0. The average Bonchev–Trinajstić information content (AvgIpc) is 2.58. The number of alkyl halides is 11. The number of carbonyl (C=O) groups excluding carboxylic acids is 1. The predicted octanol–water partition coefficient (Wildman–Crippen LogP) is 4.69. The van der Waals surface area contributed by atoms with Crippen molar-refractivity contribution in [2.75, 3.05) is 0 Å². The van der Waals surface area contributed by atoms with Gasteiger partial charge in [-0.1, -0.05) is 12.1 Å². The molecule has 1 heterocycles. The summed E-state index contributed by atoms with van der Waals surface area (Å²) in [6, 6.07) is 2.91. The molecule has 0 aromatic heterocycles. The molecule has 0 fully saturated rings. The van der Waals surface area contributed by atoms with Crippen LogP contribution in [0, 0.1) is 0 Å². The third-order valence-electron chi connectivity index (χ3n) is 3.43. The van der Waals surface area contributed by atoms with Crippen molar-refractivity contribution in [3.63, 3.8) is 0 Å². The highest BCUT2D eigenvalue weighted by atomic mass is 19.4. The number of halogens is 11. The number of carbonyl (C=O) groups is 1. The number of rotatable bonds is 3. The molecular weight excluding hydrogens is 437 g/mol. The van der Waals surface area contributed by atoms with Crippen molar-refractivity contribution in [1.29, 1.82) is 0 Å². The maximum atomic E-state index is 13.5. The van der Waals surface area contributed by atoms with Crippen molar-refractivity contribution in [2.24, 2.45) is 9.98 Å². The van der Waals surface area contributed by atoms with E-state index < -0.39 is 47.5 Å². The number of hydrogen-bond donors (Lipinski definition) is 0. The van der Waals surface area contributed by atoms with E-state index in [1.165, 1.54) is 4.99 Å². The van der Waals surface area contributed by atoms with Crippen LogP contribution in [-0.2, 0) is 4.74 Å². The van der Waals surface area contributed by atoms with Crippen molar-refractivity contribution in [1.82, 2.24) is 0 Å². The van der Waals surface area contributed by atoms with Crippen molar-refractivity contribution in [3.8, 4) is 0 Å². The Labute approximate surface area is 152 Å². The molecule has 0 N–H and O–H groups in total. The second kappa shape index (κ2) is 6.66. The van der Waals surface area contributed by atoms with Crippen LogP contribution in [0.5, 0.6) is 0 Å². The molecule has 1 aromatic carbocycles. The van der Waals surface area contributed by atoms with E-state index in [-0.39, 0.29) is 11.8 Å². The Morgan fingerprint density at radius 3 is 1.66 bits per heavy atom. The van der Waals surface area contributed by atoms with Crippen molar-refractivity contribution in [3.05, 3.63) is 35.4 Å². The summed E-state index contributed by atoms with van der Waals surface area (Å²) in [6.45, 7) is 0. The lowest BCUT2D eigenvalue weighted by Gasteiger charge is -2.35. The van der Waals surface area contributed by atoms with Gasteiger partial charge in [0.15, 0.2) is 0 Å². The van der Waals surface area contributed by atoms with Crippen LogP contribution in [0.3, 0.4) is 0 Å². The standard InChI is InChI=1S/C14H5F11N2O2/c15-10(16,12(17,18)19)9-27-11(13(20,21)22,14(23,24)25)26-8(29-9)7-3-1-6(5-28)2-4-7/h1-5H. The van der Waals surface area contributed by atoms with Crippen molar-refractivity contribution in [2.45, 2.75) is 30.1 Å². The molecule has 1 aliphatic rings. The Hall–Kier alpha value is -2.74. The van der Waals surface area contributed by atoms with Crippen LogP contribution in [-0.4, -0.2) is 48.2 Å². The normalized spacial score (nSPS) is 17.9. The van der Waals surface area contributed by atoms with Crippen molar-refractivity contribution >= 4 is 18.1 Å². The largest absolute Gasteiger partial charge is 0.463 e. The fraction of sp³-hybridized carbons (Fsp3) is 0.357. The van der Waals surface area contributed by atoms with Crippen LogP contribution in [0.4, 0.5) is 48.3 Å². The topological polar surface area (TPSA) is 51.0 Å². The summed E-state index contributed by atoms with van der Waals surface area (Å²) in [6.07, 6.45) is -19.5. The molecule has 4 nitrogen and oxygen atoms in total. The van der Waals surface area contributed by atoms with Gasteiger partial charge in [0, 0.05) is 11.1 Å². The zero-order valence-corrected chi connectivity index (χ0v) is 13.3. The Morgan fingerprint density at radius 1 is 0.793 bits per heavy atom. The summed E-state index contributed by atoms with van der Waals surface area (Å²) in [4.78, 5) is 14.3. The molecule has 15 heteroatoms. The van der Waals surface area contributed by atoms with Gasteiger partial charge in [0.05, 0.1) is 0 Å². The maximum Gasteiger partial charge on any atom is 0.463 e. The van der Waals surface area contributed by atoms with E-state index in [1.807, 2.05) is 0 Å². The van der Waals surface area contributed by atoms with E-state index in [9.17, 15) is 53.1 Å². The van der Waals surface area contributed by atoms with Crippen LogP contribution in [0.15, 0.2) is 34.3 Å². The van der Waals surface area contributed by atoms with Crippen LogP contribution in [0.25, 0.3) is 0 Å². The number of nitrogens with zero attached hydrogens (tertiary/aromatic N) is 2. The molecule has 0 spiro atoms. The first kappa shape index (κ1) is 22.5. The van der Waals surface area contributed by atoms with E-state index in [0.717, 1.165) is 12.1 Å². The zero-order valence-electron chi connectivity index (χ0n) is 13.3. The van der Waals surface area contributed by atoms with Crippen LogP contribution < -0.4 is 0 Å². The molecule has 0 saturated heterocycles. The van der Waals surface area contributed by atoms with Crippen LogP contribution >= 0.6 is 0 Å². The van der Waals surface area contributed by atoms with Gasteiger partial charge in [-0.05, 0) is 12.1 Å². The van der Waals surface area contributed by atoms with E-state index in [4.69, 9.17) is 0 Å². The first-order valence-electron chi connectivity index (χ1n) is 6.98. The van der Waals surface area contributed by atoms with E-state index in [2.05, 4.69) is 9.73 Å². The average molecular weight is 442 g/mol. The molecular formula is C14H5F11N2O2.